The molecule has 0 amide bonds. The normalized spacial score (nSPS) is 19.8. The molecule has 0 bridgehead atoms. The van der Waals surface area contributed by atoms with Gasteiger partial charge in [0.25, 0.3) is 5.90 Å². The molecule has 0 aromatic carbocycles. The Morgan fingerprint density at radius 3 is 2.80 bits per heavy atom. The lowest BCUT2D eigenvalue weighted by Crippen LogP contribution is -2.42. The summed E-state index contributed by atoms with van der Waals surface area (Å²) in [6, 6.07) is 7.55. The van der Waals surface area contributed by atoms with E-state index in [1.54, 1.807) is 34.9 Å². The van der Waals surface area contributed by atoms with Crippen LogP contribution in [0.4, 0.5) is 5.82 Å². The van der Waals surface area contributed by atoms with E-state index in [-0.39, 0.29) is 0 Å². The lowest BCUT2D eigenvalue weighted by atomic mass is 10.0. The van der Waals surface area contributed by atoms with E-state index < -0.39 is 5.66 Å². The van der Waals surface area contributed by atoms with Crippen molar-refractivity contribution in [2.45, 2.75) is 5.66 Å². The Bertz CT molecular complexity index is 943. The van der Waals surface area contributed by atoms with Crippen LogP contribution in [0.15, 0.2) is 63.2 Å². The Hall–Kier alpha value is -2.98. The van der Waals surface area contributed by atoms with Gasteiger partial charge in [-0.1, -0.05) is 11.2 Å². The number of H-pyrrole nitrogens is 1. The third kappa shape index (κ3) is 2.11. The molecule has 25 heavy (non-hydrogen) atoms. The molecule has 1 atom stereocenters. The average molecular weight is 370 g/mol. The third-order valence-electron chi connectivity index (χ3n) is 3.72. The summed E-state index contributed by atoms with van der Waals surface area (Å²) in [6.45, 7) is 0. The van der Waals surface area contributed by atoms with Crippen molar-refractivity contribution in [2.75, 3.05) is 5.06 Å². The van der Waals surface area contributed by atoms with E-state index in [0.29, 0.717) is 16.7 Å². The highest BCUT2D eigenvalue weighted by atomic mass is 32.1. The topological polar surface area (TPSA) is 92.4 Å². The van der Waals surface area contributed by atoms with Gasteiger partial charge in [-0.25, -0.2) is 9.98 Å². The average Bonchev–Trinajstić information content (AvgIpc) is 3.49. The fourth-order valence-corrected chi connectivity index (χ4v) is 4.11. The van der Waals surface area contributed by atoms with Crippen LogP contribution in [0, 0.1) is 0 Å². The standard InChI is InChI=1S/C15H10N6O2S2/c1-2-11(24-8-1)15(10-3-5-17-19-10)18-13(14-16-6-9-25-14)23-21(15)12-4-7-22-20-12/h1-9H,(H,17,19). The summed E-state index contributed by atoms with van der Waals surface area (Å²) in [5, 5.41) is 17.3. The first kappa shape index (κ1) is 14.4. The van der Waals surface area contributed by atoms with E-state index in [4.69, 9.17) is 14.4 Å². The molecule has 1 N–H and O–H groups in total. The minimum Gasteiger partial charge on any atom is -0.363 e. The summed E-state index contributed by atoms with van der Waals surface area (Å²) in [4.78, 5) is 16.3. The maximum Gasteiger partial charge on any atom is 0.281 e. The summed E-state index contributed by atoms with van der Waals surface area (Å²) in [5.41, 5.74) is -0.229. The van der Waals surface area contributed by atoms with Crippen LogP contribution in [0.3, 0.4) is 0 Å². The molecular formula is C15H10N6O2S2. The number of rotatable bonds is 4. The molecule has 8 nitrogen and oxygen atoms in total. The molecule has 1 aliphatic rings. The van der Waals surface area contributed by atoms with Crippen LogP contribution in [-0.2, 0) is 10.5 Å². The quantitative estimate of drug-likeness (QED) is 0.594. The summed E-state index contributed by atoms with van der Waals surface area (Å²) >= 11 is 3.02. The van der Waals surface area contributed by atoms with Gasteiger partial charge in [-0.3, -0.25) is 5.10 Å². The number of hydrogen-bond donors (Lipinski definition) is 1. The van der Waals surface area contributed by atoms with Crippen LogP contribution in [0.5, 0.6) is 0 Å². The number of hydroxylamine groups is 1. The highest BCUT2D eigenvalue weighted by Crippen LogP contribution is 2.45. The monoisotopic (exact) mass is 370 g/mol. The van der Waals surface area contributed by atoms with Crippen molar-refractivity contribution >= 4 is 34.4 Å². The molecule has 10 heteroatoms. The number of hydrogen-bond acceptors (Lipinski definition) is 9. The number of thiazole rings is 1. The lowest BCUT2D eigenvalue weighted by molar-refractivity contribution is 0.222. The van der Waals surface area contributed by atoms with Crippen molar-refractivity contribution in [3.63, 3.8) is 0 Å². The van der Waals surface area contributed by atoms with Crippen LogP contribution in [0.2, 0.25) is 0 Å². The van der Waals surface area contributed by atoms with Gasteiger partial charge >= 0.3 is 0 Å². The zero-order valence-corrected chi connectivity index (χ0v) is 14.2. The van der Waals surface area contributed by atoms with Crippen LogP contribution in [0.25, 0.3) is 0 Å². The van der Waals surface area contributed by atoms with Gasteiger partial charge in [0.1, 0.15) is 6.26 Å². The van der Waals surface area contributed by atoms with Gasteiger partial charge in [0.05, 0.1) is 10.6 Å². The van der Waals surface area contributed by atoms with Gasteiger partial charge in [-0.2, -0.15) is 5.10 Å². The van der Waals surface area contributed by atoms with Gasteiger partial charge in [-0.15, -0.1) is 27.7 Å². The van der Waals surface area contributed by atoms with E-state index in [2.05, 4.69) is 20.3 Å². The molecule has 0 saturated carbocycles. The second kappa shape index (κ2) is 5.53. The number of anilines is 1. The highest BCUT2D eigenvalue weighted by molar-refractivity contribution is 7.11. The summed E-state index contributed by atoms with van der Waals surface area (Å²) in [6.07, 6.45) is 4.89. The molecule has 5 heterocycles. The fraction of sp³-hybridized carbons (Fsp3) is 0.0667. The third-order valence-corrected chi connectivity index (χ3v) is 5.45. The molecule has 124 valence electrons. The van der Waals surface area contributed by atoms with Gasteiger partial charge in [-0.05, 0) is 17.5 Å². The first-order valence-corrected chi connectivity index (χ1v) is 9.06. The SMILES string of the molecule is c1csc(C2(c3ccn[nH]3)N=C(c3nccs3)ON2c2ccon2)c1. The zero-order chi connectivity index (χ0) is 16.7. The number of thiophene rings is 1. The first-order chi connectivity index (χ1) is 12.4. The minimum atomic E-state index is -0.984. The van der Waals surface area contributed by atoms with E-state index in [0.717, 1.165) is 10.6 Å². The molecule has 0 aliphatic carbocycles. The molecule has 5 rings (SSSR count). The van der Waals surface area contributed by atoms with E-state index in [1.807, 2.05) is 29.0 Å². The summed E-state index contributed by atoms with van der Waals surface area (Å²) in [7, 11) is 0. The highest BCUT2D eigenvalue weighted by Gasteiger charge is 2.52. The van der Waals surface area contributed by atoms with Crippen molar-refractivity contribution in [3.8, 4) is 0 Å². The fourth-order valence-electron chi connectivity index (χ4n) is 2.69. The molecule has 0 radical (unpaired) electrons. The van der Waals surface area contributed by atoms with Crippen molar-refractivity contribution in [3.05, 3.63) is 69.3 Å². The van der Waals surface area contributed by atoms with Crippen molar-refractivity contribution < 1.29 is 9.36 Å². The Labute approximate surface area is 149 Å². The second-order valence-electron chi connectivity index (χ2n) is 5.12. The van der Waals surface area contributed by atoms with E-state index in [9.17, 15) is 0 Å². The number of aliphatic imine (C=N–C) groups is 1. The summed E-state index contributed by atoms with van der Waals surface area (Å²) < 4.78 is 5.02. The van der Waals surface area contributed by atoms with Gasteiger partial charge < -0.3 is 9.36 Å². The molecule has 1 unspecified atom stereocenters. The van der Waals surface area contributed by atoms with Crippen molar-refractivity contribution in [1.82, 2.24) is 20.3 Å². The largest absolute Gasteiger partial charge is 0.363 e. The summed E-state index contributed by atoms with van der Waals surface area (Å²) in [5.74, 6) is 0.916. The zero-order valence-electron chi connectivity index (χ0n) is 12.6. The van der Waals surface area contributed by atoms with Crippen LogP contribution < -0.4 is 5.06 Å². The molecule has 1 aliphatic heterocycles. The van der Waals surface area contributed by atoms with E-state index in [1.165, 1.54) is 17.6 Å². The van der Waals surface area contributed by atoms with Gasteiger partial charge in [0.2, 0.25) is 11.5 Å². The number of aromatic nitrogens is 4. The maximum absolute atomic E-state index is 6.08. The predicted octanol–water partition coefficient (Wildman–Crippen LogP) is 3.02. The lowest BCUT2D eigenvalue weighted by Gasteiger charge is -2.31. The molecule has 4 aromatic rings. The Morgan fingerprint density at radius 2 is 2.12 bits per heavy atom. The predicted molar refractivity (Wildman–Crippen MR) is 92.4 cm³/mol. The maximum atomic E-state index is 6.08. The number of aromatic amines is 1. The molecule has 0 fully saturated rings. The molecule has 0 saturated heterocycles. The van der Waals surface area contributed by atoms with Crippen LogP contribution in [0.1, 0.15) is 15.6 Å². The first-order valence-electron chi connectivity index (χ1n) is 7.30. The Kier molecular flexibility index (Phi) is 3.18. The Balaban J connectivity index is 1.77. The van der Waals surface area contributed by atoms with Crippen LogP contribution >= 0.6 is 22.7 Å². The van der Waals surface area contributed by atoms with Gasteiger partial charge in [0, 0.05) is 23.8 Å². The number of nitrogens with one attached hydrogen (secondary N) is 1. The van der Waals surface area contributed by atoms with Crippen molar-refractivity contribution in [1.29, 1.82) is 0 Å². The smallest absolute Gasteiger partial charge is 0.281 e. The molecule has 4 aromatic heterocycles. The molecule has 0 spiro atoms. The van der Waals surface area contributed by atoms with Gasteiger partial charge in [0.15, 0.2) is 5.01 Å². The van der Waals surface area contributed by atoms with E-state index >= 15 is 0 Å². The van der Waals surface area contributed by atoms with Crippen molar-refractivity contribution in [2.24, 2.45) is 4.99 Å². The molecular weight excluding hydrogens is 360 g/mol. The minimum absolute atomic E-state index is 0.418. The van der Waals surface area contributed by atoms with Crippen LogP contribution in [-0.4, -0.2) is 26.2 Å². The Morgan fingerprint density at radius 1 is 1.12 bits per heavy atom. The number of nitrogens with zero attached hydrogens (tertiary/aromatic N) is 5. The second-order valence-corrected chi connectivity index (χ2v) is 6.96.